The van der Waals surface area contributed by atoms with Gasteiger partial charge in [-0.2, -0.15) is 0 Å². The number of rotatable bonds is 8. The molecule has 0 saturated carbocycles. The number of para-hydroxylation sites is 3. The Morgan fingerprint density at radius 3 is 2.03 bits per heavy atom. The van der Waals surface area contributed by atoms with Gasteiger partial charge in [-0.3, -0.25) is 9.37 Å². The number of benzene rings is 8. The van der Waals surface area contributed by atoms with Gasteiger partial charge >= 0.3 is 0 Å². The fourth-order valence-electron chi connectivity index (χ4n) is 8.90. The van der Waals surface area contributed by atoms with Crippen LogP contribution in [0, 0.1) is 30.2 Å². The zero-order valence-electron chi connectivity index (χ0n) is 44.9. The number of aryl methyl sites for hydroxylation is 1. The van der Waals surface area contributed by atoms with Crippen LogP contribution in [0.1, 0.15) is 38.8 Å². The maximum absolute atomic E-state index is 14.7. The smallest absolute Gasteiger partial charge is 0.121 e. The van der Waals surface area contributed by atoms with Gasteiger partial charge in [0.25, 0.3) is 0 Å². The van der Waals surface area contributed by atoms with Crippen molar-refractivity contribution in [1.82, 2.24) is 14.5 Å². The van der Waals surface area contributed by atoms with E-state index in [4.69, 9.17) is 16.3 Å². The van der Waals surface area contributed by atoms with E-state index < -0.39 is 32.5 Å². The average molecular weight is 1110 g/mol. The van der Waals surface area contributed by atoms with Crippen molar-refractivity contribution in [3.05, 3.63) is 217 Å². The van der Waals surface area contributed by atoms with Gasteiger partial charge in [0.15, 0.2) is 0 Å². The average Bonchev–Trinajstić information content (AvgIpc) is 3.97. The van der Waals surface area contributed by atoms with Crippen LogP contribution in [0.3, 0.4) is 0 Å². The molecular weight excluding hydrogens is 1050 g/mol. The van der Waals surface area contributed by atoms with Gasteiger partial charge in [0.2, 0.25) is 0 Å². The van der Waals surface area contributed by atoms with Crippen LogP contribution in [0.5, 0.6) is 0 Å². The van der Waals surface area contributed by atoms with Crippen molar-refractivity contribution in [2.75, 3.05) is 0 Å². The van der Waals surface area contributed by atoms with E-state index in [-0.39, 0.29) is 36.9 Å². The van der Waals surface area contributed by atoms with Gasteiger partial charge in [-0.15, -0.1) is 42.0 Å². The van der Waals surface area contributed by atoms with Crippen LogP contribution in [0.2, 0.25) is 19.6 Å². The van der Waals surface area contributed by atoms with Crippen molar-refractivity contribution in [2.45, 2.75) is 53.6 Å². The number of nitrogens with zero attached hydrogens (tertiary/aromatic N) is 3. The molecule has 0 N–H and O–H groups in total. The number of furan rings is 1. The first-order valence-electron chi connectivity index (χ1n) is 25.7. The van der Waals surface area contributed by atoms with Gasteiger partial charge < -0.3 is 14.0 Å². The molecule has 0 fully saturated rings. The summed E-state index contributed by atoms with van der Waals surface area (Å²) in [6.45, 7) is 9.42. The van der Waals surface area contributed by atoms with Gasteiger partial charge in [-0.05, 0) is 74.8 Å². The Balaban J connectivity index is 0.000000206. The van der Waals surface area contributed by atoms with E-state index >= 15 is 0 Å². The summed E-state index contributed by atoms with van der Waals surface area (Å²) in [5, 5.41) is 3.00. The quantitative estimate of drug-likeness (QED) is 0.112. The van der Waals surface area contributed by atoms with Crippen LogP contribution in [0.25, 0.3) is 94.7 Å². The van der Waals surface area contributed by atoms with Crippen LogP contribution in [-0.2, 0) is 26.5 Å². The minimum atomic E-state index is -2.42. The second-order valence-electron chi connectivity index (χ2n) is 19.3. The Kier molecular flexibility index (Phi) is 11.8. The molecule has 1 radical (unpaired) electrons. The van der Waals surface area contributed by atoms with E-state index in [1.165, 1.54) is 17.2 Å². The maximum Gasteiger partial charge on any atom is 0.121 e. The zero-order valence-corrected chi connectivity index (χ0v) is 43.3. The topological polar surface area (TPSA) is 43.9 Å². The van der Waals surface area contributed by atoms with Crippen LogP contribution < -0.4 is 5.19 Å². The summed E-state index contributed by atoms with van der Waals surface area (Å²) in [6.07, 6.45) is -0.0131. The molecule has 11 aromatic rings. The second kappa shape index (κ2) is 19.8. The Bertz CT molecular complexity index is 3840. The molecule has 0 saturated heterocycles. The maximum atomic E-state index is 14.7. The monoisotopic (exact) mass is 1110 g/mol. The van der Waals surface area contributed by atoms with E-state index in [1.54, 1.807) is 12.3 Å². The first-order valence-corrected chi connectivity index (χ1v) is 26.7. The molecule has 4 nitrogen and oxygen atoms in total. The molecule has 0 unspecified atom stereocenters. The van der Waals surface area contributed by atoms with Gasteiger partial charge in [0.05, 0.1) is 30.5 Å². The Hall–Kier alpha value is -7.02. The van der Waals surface area contributed by atoms with Crippen LogP contribution in [0.4, 0.5) is 4.39 Å². The summed E-state index contributed by atoms with van der Waals surface area (Å²) in [5.74, 6) is 0.0649. The molecular formula is C63H54FIrN3OSi-2. The Morgan fingerprint density at radius 1 is 0.686 bits per heavy atom. The number of imidazole rings is 1. The van der Waals surface area contributed by atoms with Crippen molar-refractivity contribution in [2.24, 2.45) is 5.41 Å². The van der Waals surface area contributed by atoms with E-state index in [2.05, 4.69) is 181 Å². The number of fused-ring (bicyclic) bond motifs is 4. The second-order valence-corrected chi connectivity index (χ2v) is 24.4. The molecule has 0 bridgehead atoms. The van der Waals surface area contributed by atoms with E-state index in [9.17, 15) is 4.39 Å². The molecule has 8 aromatic carbocycles. The minimum absolute atomic E-state index is 0. The van der Waals surface area contributed by atoms with Crippen LogP contribution in [0.15, 0.2) is 193 Å². The van der Waals surface area contributed by atoms with Crippen molar-refractivity contribution in [3.8, 4) is 61.7 Å². The Labute approximate surface area is 432 Å². The summed E-state index contributed by atoms with van der Waals surface area (Å²) in [7, 11) is -1.92. The summed E-state index contributed by atoms with van der Waals surface area (Å²) in [5.41, 5.74) is 12.4. The number of pyridine rings is 1. The molecule has 0 aliphatic heterocycles. The third kappa shape index (κ3) is 9.88. The summed E-state index contributed by atoms with van der Waals surface area (Å²) in [6, 6.07) is 67.1. The molecule has 0 aliphatic carbocycles. The van der Waals surface area contributed by atoms with Gasteiger partial charge in [0, 0.05) is 55.6 Å². The van der Waals surface area contributed by atoms with E-state index in [0.717, 1.165) is 83.6 Å². The normalized spacial score (nSPS) is 13.1. The summed E-state index contributed by atoms with van der Waals surface area (Å²) >= 11 is 0. The molecule has 70 heavy (non-hydrogen) atoms. The van der Waals surface area contributed by atoms with Crippen LogP contribution >= 0.6 is 0 Å². The van der Waals surface area contributed by atoms with Crippen molar-refractivity contribution in [3.63, 3.8) is 0 Å². The fourth-order valence-corrected chi connectivity index (χ4v) is 10.3. The molecule has 349 valence electrons. The van der Waals surface area contributed by atoms with Crippen molar-refractivity contribution >= 4 is 46.2 Å². The Morgan fingerprint density at radius 2 is 1.33 bits per heavy atom. The third-order valence-corrected chi connectivity index (χ3v) is 14.2. The van der Waals surface area contributed by atoms with Crippen molar-refractivity contribution < 1.29 is 35.8 Å². The van der Waals surface area contributed by atoms with Crippen LogP contribution in [-0.4, -0.2) is 22.6 Å². The first kappa shape index (κ1) is 41.9. The minimum Gasteiger partial charge on any atom is -0.501 e. The van der Waals surface area contributed by atoms with E-state index in [1.807, 2.05) is 45.0 Å². The number of aromatic nitrogens is 3. The van der Waals surface area contributed by atoms with Gasteiger partial charge in [-0.1, -0.05) is 203 Å². The number of halogens is 1. The first-order chi connectivity index (χ1) is 35.3. The summed E-state index contributed by atoms with van der Waals surface area (Å²) in [4.78, 5) is 9.56. The van der Waals surface area contributed by atoms with Crippen molar-refractivity contribution in [1.29, 1.82) is 0 Å². The molecule has 0 aliphatic rings. The molecule has 0 atom stereocenters. The SMILES string of the molecule is [2H]C([2H])([2H])c1c[c-]c(-c2cc(C([2H])([2H])C(C)(C)C)c([Si](C)(C)C)cn2)c(F)c1.[Ir].[c-]1ccc2c(oc3cc(-c4ccc(-c5ccccc5)cc4)ccc32)c1-c1nc2ccccc2n1-c1ccccc1-c1ccccc1. The fraction of sp³-hybridized carbons (Fsp3) is 0.143. The molecule has 7 heteroatoms. The standard InChI is InChI=1S/C43H27N2O.C20H27FNSi.Ir/c1-3-12-29(13-4-1)30-22-24-31(25-23-30)33-26-27-35-36-17-11-18-37(42(36)46-41(35)28-33)43-44-38-19-8-10-21-40(38)45(43)39-20-9-7-16-34(39)32-14-5-2-6-15-32;1-14-8-9-16(17(21)10-14)18-11-15(12-20(2,3)4)19(13-22-18)23(5,6)7;/h1-17,19-28H;8,10-11,13H,12H2,1-7H3;/q2*-1;/i;1D3,12D2;. The molecule has 3 aromatic heterocycles. The third-order valence-electron chi connectivity index (χ3n) is 12.1. The molecule has 3 heterocycles. The largest absolute Gasteiger partial charge is 0.501 e. The van der Waals surface area contributed by atoms with Gasteiger partial charge in [0.1, 0.15) is 5.58 Å². The van der Waals surface area contributed by atoms with E-state index in [0.29, 0.717) is 5.56 Å². The number of hydrogen-bond donors (Lipinski definition) is 0. The zero-order chi connectivity index (χ0) is 52.2. The number of hydrogen-bond acceptors (Lipinski definition) is 3. The molecule has 0 amide bonds. The predicted molar refractivity (Wildman–Crippen MR) is 288 cm³/mol. The molecule has 11 rings (SSSR count). The van der Waals surface area contributed by atoms with Gasteiger partial charge in [-0.25, -0.2) is 0 Å². The summed E-state index contributed by atoms with van der Waals surface area (Å²) < 4.78 is 63.4. The molecule has 0 spiro atoms. The predicted octanol–water partition coefficient (Wildman–Crippen LogP) is 16.5.